The Kier molecular flexibility index (Phi) is 5.32. The van der Waals surface area contributed by atoms with Crippen molar-refractivity contribution in [1.82, 2.24) is 0 Å². The molecule has 70 valence electrons. The summed E-state index contributed by atoms with van der Waals surface area (Å²) in [7, 11) is 0. The highest BCUT2D eigenvalue weighted by atomic mass is 16.7. The van der Waals surface area contributed by atoms with E-state index in [0.29, 0.717) is 0 Å². The standard InChI is InChI=1S/C8H14O4/c1-4-8(10)12-7(3)11-5-6(2)9/h4,6-7,9H,1,5H2,2-3H3. The van der Waals surface area contributed by atoms with Crippen LogP contribution < -0.4 is 0 Å². The Balaban J connectivity index is 3.52. The maximum atomic E-state index is 10.6. The highest BCUT2D eigenvalue weighted by Gasteiger charge is 2.07. The van der Waals surface area contributed by atoms with Crippen LogP contribution in [0.5, 0.6) is 0 Å². The summed E-state index contributed by atoms with van der Waals surface area (Å²) in [6.07, 6.45) is -0.151. The Morgan fingerprint density at radius 1 is 1.67 bits per heavy atom. The first kappa shape index (κ1) is 11.1. The van der Waals surface area contributed by atoms with Gasteiger partial charge in [-0.25, -0.2) is 4.79 Å². The van der Waals surface area contributed by atoms with Crippen LogP contribution in [0.1, 0.15) is 13.8 Å². The number of carbonyl (C=O) groups excluding carboxylic acids is 1. The van der Waals surface area contributed by atoms with Crippen LogP contribution in [0.25, 0.3) is 0 Å². The van der Waals surface area contributed by atoms with Crippen molar-refractivity contribution in [2.45, 2.75) is 26.2 Å². The molecule has 0 saturated heterocycles. The van der Waals surface area contributed by atoms with E-state index in [-0.39, 0.29) is 6.61 Å². The maximum absolute atomic E-state index is 10.6. The average molecular weight is 174 g/mol. The molecule has 0 aromatic heterocycles. The lowest BCUT2D eigenvalue weighted by atomic mass is 10.4. The molecule has 0 heterocycles. The fourth-order valence-electron chi connectivity index (χ4n) is 0.520. The minimum absolute atomic E-state index is 0.144. The molecule has 1 N–H and O–H groups in total. The molecular formula is C8H14O4. The molecule has 4 nitrogen and oxygen atoms in total. The molecule has 0 aliphatic heterocycles. The summed E-state index contributed by atoms with van der Waals surface area (Å²) in [6.45, 7) is 6.53. The van der Waals surface area contributed by atoms with Crippen molar-refractivity contribution in [3.63, 3.8) is 0 Å². The molecule has 0 fully saturated rings. The molecule has 0 aromatic carbocycles. The molecule has 0 amide bonds. The van der Waals surface area contributed by atoms with Crippen LogP contribution in [0.4, 0.5) is 0 Å². The third kappa shape index (κ3) is 5.88. The molecule has 2 unspecified atom stereocenters. The van der Waals surface area contributed by atoms with Gasteiger partial charge in [-0.05, 0) is 13.8 Å². The minimum atomic E-state index is -0.648. The van der Waals surface area contributed by atoms with Crippen LogP contribution in [0.15, 0.2) is 12.7 Å². The van der Waals surface area contributed by atoms with Gasteiger partial charge in [0.05, 0.1) is 12.7 Å². The number of esters is 1. The van der Waals surface area contributed by atoms with Crippen molar-refractivity contribution < 1.29 is 19.4 Å². The second-order valence-corrected chi connectivity index (χ2v) is 2.39. The quantitative estimate of drug-likeness (QED) is 0.373. The fraction of sp³-hybridized carbons (Fsp3) is 0.625. The van der Waals surface area contributed by atoms with E-state index in [9.17, 15) is 4.79 Å². The molecule has 0 aliphatic carbocycles. The second-order valence-electron chi connectivity index (χ2n) is 2.39. The third-order valence-corrected chi connectivity index (χ3v) is 1.02. The second kappa shape index (κ2) is 5.74. The Bertz CT molecular complexity index is 153. The monoisotopic (exact) mass is 174 g/mol. The van der Waals surface area contributed by atoms with Crippen LogP contribution in [0.3, 0.4) is 0 Å². The Hall–Kier alpha value is -0.870. The Morgan fingerprint density at radius 3 is 2.67 bits per heavy atom. The Labute approximate surface area is 71.8 Å². The van der Waals surface area contributed by atoms with Gasteiger partial charge in [0, 0.05) is 6.08 Å². The first-order valence-electron chi connectivity index (χ1n) is 3.69. The average Bonchev–Trinajstić information content (AvgIpc) is 2.00. The molecule has 0 aliphatic rings. The van der Waals surface area contributed by atoms with E-state index in [4.69, 9.17) is 9.84 Å². The summed E-state index contributed by atoms with van der Waals surface area (Å²) in [5.74, 6) is -0.534. The third-order valence-electron chi connectivity index (χ3n) is 1.02. The van der Waals surface area contributed by atoms with Gasteiger partial charge in [-0.15, -0.1) is 0 Å². The topological polar surface area (TPSA) is 55.8 Å². The summed E-state index contributed by atoms with van der Waals surface area (Å²) >= 11 is 0. The predicted octanol–water partition coefficient (Wildman–Crippen LogP) is 0.459. The lowest BCUT2D eigenvalue weighted by Crippen LogP contribution is -2.21. The van der Waals surface area contributed by atoms with E-state index in [1.165, 1.54) is 0 Å². The van der Waals surface area contributed by atoms with Gasteiger partial charge >= 0.3 is 5.97 Å². The van der Waals surface area contributed by atoms with E-state index in [0.717, 1.165) is 6.08 Å². The van der Waals surface area contributed by atoms with Gasteiger partial charge in [0.15, 0.2) is 0 Å². The number of aliphatic hydroxyl groups is 1. The van der Waals surface area contributed by atoms with Crippen molar-refractivity contribution in [2.24, 2.45) is 0 Å². The number of ether oxygens (including phenoxy) is 2. The SMILES string of the molecule is C=CC(=O)OC(C)OCC(C)O. The first-order chi connectivity index (χ1) is 5.56. The Morgan fingerprint density at radius 2 is 2.25 bits per heavy atom. The summed E-state index contributed by atoms with van der Waals surface area (Å²) < 4.78 is 9.59. The summed E-state index contributed by atoms with van der Waals surface area (Å²) in [6, 6.07) is 0. The maximum Gasteiger partial charge on any atom is 0.332 e. The first-order valence-corrected chi connectivity index (χ1v) is 3.69. The van der Waals surface area contributed by atoms with E-state index >= 15 is 0 Å². The van der Waals surface area contributed by atoms with Gasteiger partial charge in [-0.2, -0.15) is 0 Å². The van der Waals surface area contributed by atoms with Gasteiger partial charge in [0.25, 0.3) is 0 Å². The molecule has 0 rings (SSSR count). The van der Waals surface area contributed by atoms with Crippen molar-refractivity contribution in [2.75, 3.05) is 6.61 Å². The number of carbonyl (C=O) groups is 1. The zero-order chi connectivity index (χ0) is 9.56. The minimum Gasteiger partial charge on any atom is -0.433 e. The lowest BCUT2D eigenvalue weighted by molar-refractivity contribution is -0.173. The van der Waals surface area contributed by atoms with Crippen LogP contribution in [0.2, 0.25) is 0 Å². The van der Waals surface area contributed by atoms with Gasteiger partial charge in [0.1, 0.15) is 0 Å². The van der Waals surface area contributed by atoms with Gasteiger partial charge in [0.2, 0.25) is 6.29 Å². The van der Waals surface area contributed by atoms with Crippen LogP contribution in [0, 0.1) is 0 Å². The summed E-state index contributed by atoms with van der Waals surface area (Å²) in [4.78, 5) is 10.6. The zero-order valence-electron chi connectivity index (χ0n) is 7.32. The predicted molar refractivity (Wildman–Crippen MR) is 43.4 cm³/mol. The normalized spacial score (nSPS) is 14.9. The molecule has 0 bridgehead atoms. The largest absolute Gasteiger partial charge is 0.433 e. The van der Waals surface area contributed by atoms with E-state index in [1.807, 2.05) is 0 Å². The van der Waals surface area contributed by atoms with Crippen molar-refractivity contribution >= 4 is 5.97 Å². The number of hydrogen-bond donors (Lipinski definition) is 1. The molecule has 12 heavy (non-hydrogen) atoms. The highest BCUT2D eigenvalue weighted by Crippen LogP contribution is 1.95. The van der Waals surface area contributed by atoms with Crippen LogP contribution >= 0.6 is 0 Å². The van der Waals surface area contributed by atoms with E-state index in [1.54, 1.807) is 13.8 Å². The molecule has 2 atom stereocenters. The van der Waals surface area contributed by atoms with Crippen molar-refractivity contribution in [3.05, 3.63) is 12.7 Å². The van der Waals surface area contributed by atoms with Crippen molar-refractivity contribution in [3.8, 4) is 0 Å². The molecule has 0 spiro atoms. The zero-order valence-corrected chi connectivity index (χ0v) is 7.32. The highest BCUT2D eigenvalue weighted by molar-refractivity contribution is 5.81. The smallest absolute Gasteiger partial charge is 0.332 e. The molecule has 0 aromatic rings. The van der Waals surface area contributed by atoms with Crippen LogP contribution in [-0.4, -0.2) is 30.1 Å². The number of rotatable bonds is 5. The number of aliphatic hydroxyl groups excluding tert-OH is 1. The van der Waals surface area contributed by atoms with Crippen molar-refractivity contribution in [1.29, 1.82) is 0 Å². The molecule has 4 heteroatoms. The van der Waals surface area contributed by atoms with E-state index in [2.05, 4.69) is 11.3 Å². The number of hydrogen-bond acceptors (Lipinski definition) is 4. The lowest BCUT2D eigenvalue weighted by Gasteiger charge is -2.13. The summed E-state index contributed by atoms with van der Waals surface area (Å²) in [5, 5.41) is 8.81. The molecule has 0 saturated carbocycles. The molecular weight excluding hydrogens is 160 g/mol. The summed E-state index contributed by atoms with van der Waals surface area (Å²) in [5.41, 5.74) is 0. The van der Waals surface area contributed by atoms with Gasteiger partial charge < -0.3 is 14.6 Å². The fourth-order valence-corrected chi connectivity index (χ4v) is 0.520. The van der Waals surface area contributed by atoms with Gasteiger partial charge in [-0.1, -0.05) is 6.58 Å². The van der Waals surface area contributed by atoms with E-state index < -0.39 is 18.4 Å². The van der Waals surface area contributed by atoms with Crippen LogP contribution in [-0.2, 0) is 14.3 Å². The molecule has 0 radical (unpaired) electrons. The van der Waals surface area contributed by atoms with Gasteiger partial charge in [-0.3, -0.25) is 0 Å².